The molecule has 2 N–H and O–H groups in total. The van der Waals surface area contributed by atoms with E-state index in [4.69, 9.17) is 4.42 Å². The van der Waals surface area contributed by atoms with Gasteiger partial charge >= 0.3 is 0 Å². The summed E-state index contributed by atoms with van der Waals surface area (Å²) in [5.74, 6) is 0.914. The third kappa shape index (κ3) is 4.64. The molecule has 0 aliphatic carbocycles. The molecule has 0 aliphatic heterocycles. The van der Waals surface area contributed by atoms with E-state index in [1.165, 1.54) is 0 Å². The van der Waals surface area contributed by atoms with Gasteiger partial charge < -0.3 is 9.73 Å². The first kappa shape index (κ1) is 19.6. The minimum absolute atomic E-state index is 0.246. The zero-order chi connectivity index (χ0) is 20.3. The number of para-hydroxylation sites is 1. The van der Waals surface area contributed by atoms with E-state index in [0.717, 1.165) is 33.9 Å². The van der Waals surface area contributed by atoms with Gasteiger partial charge in [0.2, 0.25) is 10.0 Å². The van der Waals surface area contributed by atoms with Gasteiger partial charge in [-0.2, -0.15) is 0 Å². The molecule has 0 aliphatic rings. The van der Waals surface area contributed by atoms with Gasteiger partial charge in [-0.3, -0.25) is 4.98 Å². The number of nitrogens with zero attached hydrogens (tertiary/aromatic N) is 1. The highest BCUT2D eigenvalue weighted by Gasteiger charge is 2.17. The van der Waals surface area contributed by atoms with Crippen LogP contribution in [0.2, 0.25) is 0 Å². The van der Waals surface area contributed by atoms with Crippen molar-refractivity contribution in [2.24, 2.45) is 0 Å². The smallest absolute Gasteiger partial charge is 0.240 e. The first-order valence-electron chi connectivity index (χ1n) is 9.55. The Hall–Kier alpha value is -2.74. The Balaban J connectivity index is 1.30. The fourth-order valence-corrected chi connectivity index (χ4v) is 4.57. The second-order valence-corrected chi connectivity index (χ2v) is 8.83. The first-order chi connectivity index (χ1) is 14.0. The largest absolute Gasteiger partial charge is 0.461 e. The van der Waals surface area contributed by atoms with E-state index in [1.807, 2.05) is 37.3 Å². The lowest BCUT2D eigenvalue weighted by Gasteiger charge is -2.15. The third-order valence-electron chi connectivity index (χ3n) is 4.75. The highest BCUT2D eigenvalue weighted by atomic mass is 32.2. The second kappa shape index (κ2) is 8.32. The van der Waals surface area contributed by atoms with Crippen molar-refractivity contribution in [3.63, 3.8) is 0 Å². The first-order valence-corrected chi connectivity index (χ1v) is 11.0. The zero-order valence-electron chi connectivity index (χ0n) is 16.1. The molecular formula is C22H23N3O3S. The van der Waals surface area contributed by atoms with Crippen LogP contribution in [0.25, 0.3) is 21.7 Å². The Morgan fingerprint density at radius 2 is 1.90 bits per heavy atom. The van der Waals surface area contributed by atoms with Crippen LogP contribution in [0.5, 0.6) is 0 Å². The van der Waals surface area contributed by atoms with Crippen molar-refractivity contribution in [3.8, 4) is 0 Å². The minimum atomic E-state index is -3.59. The van der Waals surface area contributed by atoms with E-state index >= 15 is 0 Å². The van der Waals surface area contributed by atoms with Crippen LogP contribution in [0, 0.1) is 0 Å². The Bertz CT molecular complexity index is 1200. The lowest BCUT2D eigenvalue weighted by molar-refractivity contribution is 0.510. The molecule has 0 spiro atoms. The van der Waals surface area contributed by atoms with Gasteiger partial charge in [-0.15, -0.1) is 0 Å². The summed E-state index contributed by atoms with van der Waals surface area (Å²) in [6.45, 7) is 3.07. The van der Waals surface area contributed by atoms with Crippen molar-refractivity contribution in [1.82, 2.24) is 15.0 Å². The van der Waals surface area contributed by atoms with Crippen molar-refractivity contribution < 1.29 is 12.8 Å². The van der Waals surface area contributed by atoms with Gasteiger partial charge in [0.15, 0.2) is 0 Å². The van der Waals surface area contributed by atoms with Crippen LogP contribution in [0.15, 0.2) is 76.3 Å². The number of sulfonamides is 1. The fourth-order valence-electron chi connectivity index (χ4n) is 3.29. The number of hydrogen-bond acceptors (Lipinski definition) is 5. The predicted octanol–water partition coefficient (Wildman–Crippen LogP) is 3.48. The van der Waals surface area contributed by atoms with E-state index in [1.54, 1.807) is 36.7 Å². The molecule has 150 valence electrons. The Morgan fingerprint density at radius 1 is 1.03 bits per heavy atom. The highest BCUT2D eigenvalue weighted by molar-refractivity contribution is 7.89. The maximum atomic E-state index is 12.7. The van der Waals surface area contributed by atoms with Crippen molar-refractivity contribution in [3.05, 3.63) is 72.8 Å². The van der Waals surface area contributed by atoms with E-state index in [9.17, 15) is 8.42 Å². The molecule has 0 bridgehead atoms. The van der Waals surface area contributed by atoms with E-state index in [-0.39, 0.29) is 10.9 Å². The molecule has 2 aromatic heterocycles. The second-order valence-electron chi connectivity index (χ2n) is 7.11. The molecule has 1 unspecified atom stereocenters. The van der Waals surface area contributed by atoms with Crippen LogP contribution < -0.4 is 10.0 Å². The van der Waals surface area contributed by atoms with Gasteiger partial charge in [0.1, 0.15) is 11.3 Å². The standard InChI is InChI=1S/C22H23N3O3S/c1-16(14-23-11-9-20-12-18-4-2-3-5-22(18)28-20)25-29(26,27)21-7-6-19-15-24-10-8-17(19)13-21/h2-8,10,12-13,15-16,23,25H,9,11,14H2,1H3. The van der Waals surface area contributed by atoms with Crippen molar-refractivity contribution in [2.45, 2.75) is 24.3 Å². The zero-order valence-corrected chi connectivity index (χ0v) is 16.9. The molecule has 7 heteroatoms. The van der Waals surface area contributed by atoms with Crippen molar-refractivity contribution in [2.75, 3.05) is 13.1 Å². The summed E-state index contributed by atoms with van der Waals surface area (Å²) in [6.07, 6.45) is 4.11. The number of hydrogen-bond donors (Lipinski definition) is 2. The molecule has 1 atom stereocenters. The molecule has 2 heterocycles. The summed E-state index contributed by atoms with van der Waals surface area (Å²) in [6, 6.07) is 16.6. The van der Waals surface area contributed by atoms with E-state index in [2.05, 4.69) is 15.0 Å². The molecule has 0 saturated heterocycles. The number of nitrogens with one attached hydrogen (secondary N) is 2. The predicted molar refractivity (Wildman–Crippen MR) is 114 cm³/mol. The van der Waals surface area contributed by atoms with Crippen molar-refractivity contribution >= 4 is 31.8 Å². The van der Waals surface area contributed by atoms with E-state index in [0.29, 0.717) is 13.1 Å². The maximum Gasteiger partial charge on any atom is 0.240 e. The average molecular weight is 410 g/mol. The van der Waals surface area contributed by atoms with Crippen LogP contribution in [0.4, 0.5) is 0 Å². The molecule has 0 radical (unpaired) electrons. The van der Waals surface area contributed by atoms with Crippen molar-refractivity contribution in [1.29, 1.82) is 0 Å². The molecular weight excluding hydrogens is 386 g/mol. The molecule has 4 aromatic rings. The van der Waals surface area contributed by atoms with Gasteiger partial charge in [-0.1, -0.05) is 24.3 Å². The number of fused-ring (bicyclic) bond motifs is 2. The monoisotopic (exact) mass is 409 g/mol. The summed E-state index contributed by atoms with van der Waals surface area (Å²) < 4.78 is 33.9. The van der Waals surface area contributed by atoms with Gasteiger partial charge in [0.05, 0.1) is 4.90 Å². The molecule has 6 nitrogen and oxygen atoms in total. The van der Waals surface area contributed by atoms with Gasteiger partial charge in [-0.05, 0) is 42.6 Å². The van der Waals surface area contributed by atoms with E-state index < -0.39 is 10.0 Å². The van der Waals surface area contributed by atoms with Crippen LogP contribution in [0.1, 0.15) is 12.7 Å². The minimum Gasteiger partial charge on any atom is -0.461 e. The number of pyridine rings is 1. The summed E-state index contributed by atoms with van der Waals surface area (Å²) >= 11 is 0. The van der Waals surface area contributed by atoms with Crippen LogP contribution in [0.3, 0.4) is 0 Å². The Labute approximate surface area is 170 Å². The molecule has 0 fully saturated rings. The number of rotatable bonds is 8. The molecule has 0 saturated carbocycles. The highest BCUT2D eigenvalue weighted by Crippen LogP contribution is 2.19. The number of benzene rings is 2. The van der Waals surface area contributed by atoms with Gasteiger partial charge in [0.25, 0.3) is 0 Å². The fraction of sp³-hybridized carbons (Fsp3) is 0.227. The van der Waals surface area contributed by atoms with Gasteiger partial charge in [-0.25, -0.2) is 13.1 Å². The Kier molecular flexibility index (Phi) is 5.62. The van der Waals surface area contributed by atoms with Crippen LogP contribution in [-0.2, 0) is 16.4 Å². The number of aromatic nitrogens is 1. The average Bonchev–Trinajstić information content (AvgIpc) is 3.13. The molecule has 2 aromatic carbocycles. The summed E-state index contributed by atoms with van der Waals surface area (Å²) in [5.41, 5.74) is 0.884. The van der Waals surface area contributed by atoms with Gasteiger partial charge in [0, 0.05) is 48.7 Å². The SMILES string of the molecule is CC(CNCCc1cc2ccccc2o1)NS(=O)(=O)c1ccc2cnccc2c1. The lowest BCUT2D eigenvalue weighted by Crippen LogP contribution is -2.40. The molecule has 0 amide bonds. The normalized spacial score (nSPS) is 13.1. The Morgan fingerprint density at radius 3 is 2.76 bits per heavy atom. The van der Waals surface area contributed by atoms with Crippen LogP contribution >= 0.6 is 0 Å². The molecule has 29 heavy (non-hydrogen) atoms. The third-order valence-corrected chi connectivity index (χ3v) is 6.34. The summed E-state index contributed by atoms with van der Waals surface area (Å²) in [7, 11) is -3.59. The maximum absolute atomic E-state index is 12.7. The summed E-state index contributed by atoms with van der Waals surface area (Å²) in [4.78, 5) is 4.30. The molecule has 4 rings (SSSR count). The quantitative estimate of drug-likeness (QED) is 0.435. The number of furan rings is 1. The van der Waals surface area contributed by atoms with Crippen LogP contribution in [-0.4, -0.2) is 32.5 Å². The lowest BCUT2D eigenvalue weighted by atomic mass is 10.2. The topological polar surface area (TPSA) is 84.2 Å². The summed E-state index contributed by atoms with van der Waals surface area (Å²) in [5, 5.41) is 6.13.